The van der Waals surface area contributed by atoms with Crippen molar-refractivity contribution in [2.45, 2.75) is 20.8 Å². The molecule has 2 nitrogen and oxygen atoms in total. The third kappa shape index (κ3) is 4.73. The number of aryl methyl sites for hydroxylation is 1. The smallest absolute Gasteiger partial charge is 0.0456 e. The number of hydrogen-bond acceptors (Lipinski definition) is 2. The number of thiophene rings is 1. The molecule has 0 aliphatic carbocycles. The van der Waals surface area contributed by atoms with E-state index in [0.29, 0.717) is 0 Å². The Labute approximate surface area is 113 Å². The Morgan fingerprint density at radius 1 is 0.944 bits per heavy atom. The molecule has 4 N–H and O–H groups in total. The molecule has 3 aromatic rings. The van der Waals surface area contributed by atoms with Crippen molar-refractivity contribution in [3.8, 4) is 0 Å². The lowest BCUT2D eigenvalue weighted by Crippen LogP contribution is -1.64. The molecule has 0 radical (unpaired) electrons. The van der Waals surface area contributed by atoms with Gasteiger partial charge in [-0.1, -0.05) is 44.2 Å². The lowest BCUT2D eigenvalue weighted by molar-refractivity contribution is 1.43. The van der Waals surface area contributed by atoms with Crippen LogP contribution in [0.25, 0.3) is 10.9 Å². The number of para-hydroxylation sites is 1. The fourth-order valence-corrected chi connectivity index (χ4v) is 1.90. The number of fused-ring (bicyclic) bond motifs is 1. The summed E-state index contributed by atoms with van der Waals surface area (Å²) < 4.78 is 0. The first-order valence-corrected chi connectivity index (χ1v) is 6.82. The van der Waals surface area contributed by atoms with Crippen LogP contribution in [-0.4, -0.2) is 4.98 Å². The fourth-order valence-electron chi connectivity index (χ4n) is 1.44. The molecule has 2 aromatic heterocycles. The van der Waals surface area contributed by atoms with E-state index in [9.17, 15) is 0 Å². The largest absolute Gasteiger partial charge is 0.361 e. The van der Waals surface area contributed by atoms with E-state index in [0.717, 1.165) is 0 Å². The van der Waals surface area contributed by atoms with E-state index in [-0.39, 0.29) is 6.15 Å². The first kappa shape index (κ1) is 16.4. The van der Waals surface area contributed by atoms with Crippen molar-refractivity contribution in [1.29, 1.82) is 0 Å². The summed E-state index contributed by atoms with van der Waals surface area (Å²) in [6.07, 6.45) is 2.03. The fraction of sp³-hybridized carbons (Fsp3) is 0.200. The quantitative estimate of drug-likeness (QED) is 0.559. The average molecular weight is 262 g/mol. The minimum absolute atomic E-state index is 0. The Balaban J connectivity index is 0.000000310. The summed E-state index contributed by atoms with van der Waals surface area (Å²) in [7, 11) is 0. The number of H-pyrrole nitrogens is 1. The molecule has 0 saturated carbocycles. The van der Waals surface area contributed by atoms with Crippen LogP contribution in [0.1, 0.15) is 19.4 Å². The monoisotopic (exact) mass is 262 g/mol. The second-order valence-corrected chi connectivity index (χ2v) is 4.13. The van der Waals surface area contributed by atoms with Gasteiger partial charge in [0.15, 0.2) is 0 Å². The molecule has 0 amide bonds. The maximum absolute atomic E-state index is 3.19. The van der Waals surface area contributed by atoms with Crippen molar-refractivity contribution in [3.63, 3.8) is 0 Å². The van der Waals surface area contributed by atoms with Gasteiger partial charge in [0.25, 0.3) is 0 Å². The molecule has 18 heavy (non-hydrogen) atoms. The number of benzene rings is 1. The number of hydrogen-bond donors (Lipinski definition) is 2. The predicted molar refractivity (Wildman–Crippen MR) is 83.7 cm³/mol. The van der Waals surface area contributed by atoms with Crippen molar-refractivity contribution < 1.29 is 0 Å². The van der Waals surface area contributed by atoms with Crippen molar-refractivity contribution in [2.24, 2.45) is 0 Å². The zero-order valence-electron chi connectivity index (χ0n) is 11.3. The van der Waals surface area contributed by atoms with E-state index in [4.69, 9.17) is 0 Å². The SMILES string of the molecule is CC.Cc1c[nH]c2ccccc12.N.c1ccsc1. The average Bonchev–Trinajstić information content (AvgIpc) is 3.06. The molecule has 0 aliphatic heterocycles. The maximum Gasteiger partial charge on any atom is 0.0456 e. The standard InChI is InChI=1S/C9H9N.C4H4S.C2H6.H3N/c1-7-6-10-9-5-3-2-4-8(7)9;1-2-4-5-3-1;1-2;/h2-6,10H,1H3;1-4H;1-2H3;1H3. The van der Waals surface area contributed by atoms with Crippen LogP contribution in [-0.2, 0) is 0 Å². The van der Waals surface area contributed by atoms with Gasteiger partial charge in [-0.15, -0.1) is 0 Å². The van der Waals surface area contributed by atoms with Crippen LogP contribution in [0, 0.1) is 6.92 Å². The highest BCUT2D eigenvalue weighted by atomic mass is 32.1. The van der Waals surface area contributed by atoms with Gasteiger partial charge in [0.2, 0.25) is 0 Å². The van der Waals surface area contributed by atoms with Crippen LogP contribution in [0.15, 0.2) is 53.4 Å². The summed E-state index contributed by atoms with van der Waals surface area (Å²) in [6.45, 7) is 6.11. The molecular weight excluding hydrogens is 240 g/mol. The van der Waals surface area contributed by atoms with E-state index in [1.807, 2.05) is 49.0 Å². The molecule has 2 heterocycles. The summed E-state index contributed by atoms with van der Waals surface area (Å²) in [4.78, 5) is 3.19. The topological polar surface area (TPSA) is 50.8 Å². The highest BCUT2D eigenvalue weighted by Gasteiger charge is 1.94. The van der Waals surface area contributed by atoms with Crippen LogP contribution in [0.4, 0.5) is 0 Å². The highest BCUT2D eigenvalue weighted by Crippen LogP contribution is 2.15. The number of aromatic nitrogens is 1. The first-order valence-electron chi connectivity index (χ1n) is 5.88. The van der Waals surface area contributed by atoms with Crippen molar-refractivity contribution >= 4 is 22.2 Å². The van der Waals surface area contributed by atoms with E-state index in [1.54, 1.807) is 11.3 Å². The number of nitrogens with one attached hydrogen (secondary N) is 1. The van der Waals surface area contributed by atoms with Gasteiger partial charge in [-0.25, -0.2) is 0 Å². The molecule has 0 bridgehead atoms. The van der Waals surface area contributed by atoms with Crippen LogP contribution in [0.2, 0.25) is 0 Å². The summed E-state index contributed by atoms with van der Waals surface area (Å²) in [5.41, 5.74) is 2.54. The summed E-state index contributed by atoms with van der Waals surface area (Å²) in [5.74, 6) is 0. The Morgan fingerprint density at radius 2 is 1.56 bits per heavy atom. The molecule has 0 fully saturated rings. The molecule has 0 aliphatic rings. The van der Waals surface area contributed by atoms with Gasteiger partial charge in [-0.3, -0.25) is 0 Å². The van der Waals surface area contributed by atoms with Gasteiger partial charge >= 0.3 is 0 Å². The van der Waals surface area contributed by atoms with Gasteiger partial charge in [-0.05, 0) is 29.3 Å². The summed E-state index contributed by atoms with van der Waals surface area (Å²) in [6, 6.07) is 12.3. The molecule has 0 atom stereocenters. The van der Waals surface area contributed by atoms with E-state index in [2.05, 4.69) is 30.1 Å². The van der Waals surface area contributed by atoms with E-state index < -0.39 is 0 Å². The lowest BCUT2D eigenvalue weighted by Gasteiger charge is -1.86. The van der Waals surface area contributed by atoms with Crippen LogP contribution in [0.3, 0.4) is 0 Å². The van der Waals surface area contributed by atoms with Gasteiger partial charge in [0.1, 0.15) is 0 Å². The van der Waals surface area contributed by atoms with Crippen LogP contribution in [0.5, 0.6) is 0 Å². The minimum Gasteiger partial charge on any atom is -0.361 e. The first-order chi connectivity index (χ1) is 8.38. The summed E-state index contributed by atoms with van der Waals surface area (Å²) >= 11 is 1.71. The molecule has 3 rings (SSSR count). The maximum atomic E-state index is 3.19. The second kappa shape index (κ2) is 9.45. The summed E-state index contributed by atoms with van der Waals surface area (Å²) in [5, 5.41) is 5.41. The third-order valence-corrected chi connectivity index (χ3v) is 2.85. The van der Waals surface area contributed by atoms with Gasteiger partial charge in [0.05, 0.1) is 0 Å². The zero-order valence-corrected chi connectivity index (χ0v) is 12.1. The minimum atomic E-state index is 0. The van der Waals surface area contributed by atoms with E-state index in [1.165, 1.54) is 16.5 Å². The predicted octanol–water partition coefficient (Wildman–Crippen LogP) is 5.41. The molecule has 1 aromatic carbocycles. The normalized spacial score (nSPS) is 8.39. The Kier molecular flexibility index (Phi) is 8.62. The Hall–Kier alpha value is -1.58. The van der Waals surface area contributed by atoms with Crippen LogP contribution >= 0.6 is 11.3 Å². The van der Waals surface area contributed by atoms with Crippen molar-refractivity contribution in [1.82, 2.24) is 11.1 Å². The third-order valence-electron chi connectivity index (χ3n) is 2.22. The molecular formula is C15H22N2S. The Morgan fingerprint density at radius 3 is 2.06 bits per heavy atom. The number of aromatic amines is 1. The van der Waals surface area contributed by atoms with Crippen molar-refractivity contribution in [3.05, 3.63) is 58.9 Å². The van der Waals surface area contributed by atoms with E-state index >= 15 is 0 Å². The molecule has 0 spiro atoms. The lowest BCUT2D eigenvalue weighted by atomic mass is 10.2. The highest BCUT2D eigenvalue weighted by molar-refractivity contribution is 7.07. The molecule has 3 heteroatoms. The van der Waals surface area contributed by atoms with Gasteiger partial charge in [-0.2, -0.15) is 11.3 Å². The van der Waals surface area contributed by atoms with Crippen LogP contribution < -0.4 is 6.15 Å². The number of rotatable bonds is 0. The van der Waals surface area contributed by atoms with Crippen molar-refractivity contribution in [2.75, 3.05) is 0 Å². The van der Waals surface area contributed by atoms with Gasteiger partial charge < -0.3 is 11.1 Å². The molecule has 0 unspecified atom stereocenters. The molecule has 0 saturated heterocycles. The van der Waals surface area contributed by atoms with Gasteiger partial charge in [0, 0.05) is 17.1 Å². The zero-order chi connectivity index (χ0) is 12.5. The Bertz CT molecular complexity index is 495. The second-order valence-electron chi connectivity index (χ2n) is 3.31. The molecule has 98 valence electrons.